The highest BCUT2D eigenvalue weighted by atomic mass is 35.5. The van der Waals surface area contributed by atoms with Crippen LogP contribution in [0.2, 0.25) is 5.02 Å². The van der Waals surface area contributed by atoms with Gasteiger partial charge in [-0.2, -0.15) is 0 Å². The highest BCUT2D eigenvalue weighted by molar-refractivity contribution is 6.30. The Balaban J connectivity index is 2.04. The van der Waals surface area contributed by atoms with Gasteiger partial charge in [-0.3, -0.25) is 0 Å². The van der Waals surface area contributed by atoms with Gasteiger partial charge in [-0.25, -0.2) is 9.37 Å². The Morgan fingerprint density at radius 2 is 2.18 bits per heavy atom. The second-order valence-corrected chi connectivity index (χ2v) is 4.02. The van der Waals surface area contributed by atoms with Crippen molar-refractivity contribution >= 4 is 11.6 Å². The van der Waals surface area contributed by atoms with E-state index in [2.05, 4.69) is 4.98 Å². The number of hydrogen-bond donors (Lipinski definition) is 0. The van der Waals surface area contributed by atoms with E-state index in [4.69, 9.17) is 20.8 Å². The molecule has 0 saturated heterocycles. The molecule has 0 amide bonds. The number of oxazole rings is 1. The molecule has 5 heteroatoms. The van der Waals surface area contributed by atoms with Crippen molar-refractivity contribution in [1.29, 1.82) is 0 Å². The standard InChI is InChI=1S/C12H11ClFNO2/c1-7-8(2)17-12(15-7)6-16-9-3-4-10(13)11(14)5-9/h3-5H,6H2,1-2H3. The minimum atomic E-state index is -0.510. The van der Waals surface area contributed by atoms with Crippen LogP contribution in [-0.4, -0.2) is 4.98 Å². The summed E-state index contributed by atoms with van der Waals surface area (Å²) in [4.78, 5) is 4.15. The summed E-state index contributed by atoms with van der Waals surface area (Å²) in [6, 6.07) is 4.26. The summed E-state index contributed by atoms with van der Waals surface area (Å²) < 4.78 is 23.8. The van der Waals surface area contributed by atoms with Gasteiger partial charge in [-0.1, -0.05) is 11.6 Å². The van der Waals surface area contributed by atoms with Crippen molar-refractivity contribution in [1.82, 2.24) is 4.98 Å². The minimum absolute atomic E-state index is 0.0696. The van der Waals surface area contributed by atoms with Crippen LogP contribution in [0.3, 0.4) is 0 Å². The quantitative estimate of drug-likeness (QED) is 0.840. The molecule has 0 bridgehead atoms. The van der Waals surface area contributed by atoms with E-state index in [-0.39, 0.29) is 11.6 Å². The van der Waals surface area contributed by atoms with Gasteiger partial charge in [-0.15, -0.1) is 0 Å². The molecule has 2 aromatic rings. The third kappa shape index (κ3) is 2.77. The Hall–Kier alpha value is -1.55. The zero-order chi connectivity index (χ0) is 12.4. The second-order valence-electron chi connectivity index (χ2n) is 3.61. The Kier molecular flexibility index (Phi) is 3.33. The fraction of sp³-hybridized carbons (Fsp3) is 0.250. The Bertz CT molecular complexity index is 520. The fourth-order valence-corrected chi connectivity index (χ4v) is 1.43. The van der Waals surface area contributed by atoms with Gasteiger partial charge in [0.25, 0.3) is 0 Å². The maximum atomic E-state index is 13.1. The average Bonchev–Trinajstić information content (AvgIpc) is 2.60. The number of benzene rings is 1. The van der Waals surface area contributed by atoms with Gasteiger partial charge in [0, 0.05) is 6.07 Å². The lowest BCUT2D eigenvalue weighted by Crippen LogP contribution is -1.96. The smallest absolute Gasteiger partial charge is 0.232 e. The molecule has 0 aliphatic rings. The van der Waals surface area contributed by atoms with Crippen LogP contribution in [0, 0.1) is 19.7 Å². The largest absolute Gasteiger partial charge is 0.484 e. The molecular weight excluding hydrogens is 245 g/mol. The summed E-state index contributed by atoms with van der Waals surface area (Å²) in [6.07, 6.45) is 0. The van der Waals surface area contributed by atoms with E-state index >= 15 is 0 Å². The summed E-state index contributed by atoms with van der Waals surface area (Å²) in [7, 11) is 0. The van der Waals surface area contributed by atoms with Crippen LogP contribution in [-0.2, 0) is 6.61 Å². The zero-order valence-electron chi connectivity index (χ0n) is 9.46. The molecule has 0 aliphatic heterocycles. The molecule has 0 radical (unpaired) electrons. The van der Waals surface area contributed by atoms with Crippen LogP contribution < -0.4 is 4.74 Å². The van der Waals surface area contributed by atoms with E-state index in [1.165, 1.54) is 12.1 Å². The predicted octanol–water partition coefficient (Wildman–Crippen LogP) is 3.66. The summed E-state index contributed by atoms with van der Waals surface area (Å²) >= 11 is 5.56. The van der Waals surface area contributed by atoms with Crippen molar-refractivity contribution in [3.05, 3.63) is 46.4 Å². The van der Waals surface area contributed by atoms with Gasteiger partial charge in [-0.05, 0) is 26.0 Å². The molecular formula is C12H11ClFNO2. The van der Waals surface area contributed by atoms with Gasteiger partial charge in [0.05, 0.1) is 10.7 Å². The number of ether oxygens (including phenoxy) is 1. The summed E-state index contributed by atoms with van der Waals surface area (Å²) in [5, 5.41) is 0.0696. The lowest BCUT2D eigenvalue weighted by molar-refractivity contribution is 0.259. The lowest BCUT2D eigenvalue weighted by Gasteiger charge is -2.03. The number of hydrogen-bond acceptors (Lipinski definition) is 3. The molecule has 0 unspecified atom stereocenters. The predicted molar refractivity (Wildman–Crippen MR) is 61.7 cm³/mol. The molecule has 90 valence electrons. The third-order valence-electron chi connectivity index (χ3n) is 2.33. The van der Waals surface area contributed by atoms with Gasteiger partial charge in [0.2, 0.25) is 5.89 Å². The van der Waals surface area contributed by atoms with E-state index in [0.29, 0.717) is 11.6 Å². The molecule has 0 fully saturated rings. The number of aromatic nitrogens is 1. The van der Waals surface area contributed by atoms with Gasteiger partial charge in [0.15, 0.2) is 6.61 Å². The Morgan fingerprint density at radius 1 is 1.41 bits per heavy atom. The molecule has 0 aliphatic carbocycles. The molecule has 3 nitrogen and oxygen atoms in total. The third-order valence-corrected chi connectivity index (χ3v) is 2.63. The van der Waals surface area contributed by atoms with Crippen LogP contribution in [0.1, 0.15) is 17.3 Å². The van der Waals surface area contributed by atoms with Crippen molar-refractivity contribution in [3.63, 3.8) is 0 Å². The monoisotopic (exact) mass is 255 g/mol. The first kappa shape index (κ1) is 11.9. The number of halogens is 2. The average molecular weight is 256 g/mol. The van der Waals surface area contributed by atoms with Crippen LogP contribution in [0.5, 0.6) is 5.75 Å². The second kappa shape index (κ2) is 4.75. The minimum Gasteiger partial charge on any atom is -0.484 e. The van der Waals surface area contributed by atoms with Gasteiger partial charge >= 0.3 is 0 Å². The summed E-state index contributed by atoms with van der Waals surface area (Å²) in [5.74, 6) is 1.10. The van der Waals surface area contributed by atoms with Crippen molar-refractivity contribution in [3.8, 4) is 5.75 Å². The summed E-state index contributed by atoms with van der Waals surface area (Å²) in [6.45, 7) is 3.84. The lowest BCUT2D eigenvalue weighted by atomic mass is 10.3. The zero-order valence-corrected chi connectivity index (χ0v) is 10.2. The molecule has 1 aromatic carbocycles. The first-order chi connectivity index (χ1) is 8.06. The number of rotatable bonds is 3. The fourth-order valence-electron chi connectivity index (χ4n) is 1.31. The maximum Gasteiger partial charge on any atom is 0.232 e. The van der Waals surface area contributed by atoms with Gasteiger partial charge < -0.3 is 9.15 Å². The highest BCUT2D eigenvalue weighted by Crippen LogP contribution is 2.21. The van der Waals surface area contributed by atoms with Crippen molar-refractivity contribution in [2.75, 3.05) is 0 Å². The molecule has 17 heavy (non-hydrogen) atoms. The first-order valence-corrected chi connectivity index (χ1v) is 5.45. The Labute approximate surface area is 103 Å². The molecule has 0 atom stereocenters. The van der Waals surface area contributed by atoms with Crippen LogP contribution >= 0.6 is 11.6 Å². The van der Waals surface area contributed by atoms with E-state index in [1.807, 2.05) is 13.8 Å². The first-order valence-electron chi connectivity index (χ1n) is 5.07. The summed E-state index contributed by atoms with van der Waals surface area (Å²) in [5.41, 5.74) is 0.825. The van der Waals surface area contributed by atoms with Crippen LogP contribution in [0.25, 0.3) is 0 Å². The maximum absolute atomic E-state index is 13.1. The molecule has 1 aromatic heterocycles. The van der Waals surface area contributed by atoms with Crippen molar-refractivity contribution < 1.29 is 13.5 Å². The van der Waals surface area contributed by atoms with E-state index in [1.54, 1.807) is 6.07 Å². The molecule has 0 N–H and O–H groups in total. The van der Waals surface area contributed by atoms with Gasteiger partial charge in [0.1, 0.15) is 17.3 Å². The Morgan fingerprint density at radius 3 is 2.76 bits per heavy atom. The number of nitrogens with zero attached hydrogens (tertiary/aromatic N) is 1. The highest BCUT2D eigenvalue weighted by Gasteiger charge is 2.07. The van der Waals surface area contributed by atoms with Crippen molar-refractivity contribution in [2.24, 2.45) is 0 Å². The van der Waals surface area contributed by atoms with E-state index < -0.39 is 5.82 Å². The van der Waals surface area contributed by atoms with E-state index in [0.717, 1.165) is 11.5 Å². The van der Waals surface area contributed by atoms with Crippen LogP contribution in [0.15, 0.2) is 22.6 Å². The van der Waals surface area contributed by atoms with Crippen LogP contribution in [0.4, 0.5) is 4.39 Å². The van der Waals surface area contributed by atoms with Crippen molar-refractivity contribution in [2.45, 2.75) is 20.5 Å². The molecule has 1 heterocycles. The molecule has 2 rings (SSSR count). The normalized spacial score (nSPS) is 10.6. The molecule has 0 saturated carbocycles. The SMILES string of the molecule is Cc1nc(COc2ccc(Cl)c(F)c2)oc1C. The topological polar surface area (TPSA) is 35.3 Å². The molecule has 0 spiro atoms. The van der Waals surface area contributed by atoms with E-state index in [9.17, 15) is 4.39 Å². The number of aryl methyl sites for hydroxylation is 2.